The van der Waals surface area contributed by atoms with Gasteiger partial charge in [0.1, 0.15) is 5.75 Å². The Morgan fingerprint density at radius 2 is 1.83 bits per heavy atom. The molecule has 2 nitrogen and oxygen atoms in total. The molecule has 0 heterocycles. The van der Waals surface area contributed by atoms with E-state index in [4.69, 9.17) is 17.3 Å². The van der Waals surface area contributed by atoms with Gasteiger partial charge in [-0.15, -0.1) is 0 Å². The minimum absolute atomic E-state index is 0.0400. The van der Waals surface area contributed by atoms with Gasteiger partial charge in [-0.25, -0.2) is 8.78 Å². The summed E-state index contributed by atoms with van der Waals surface area (Å²) in [5.41, 5.74) is 5.67. The molecule has 0 unspecified atom stereocenters. The normalized spacial score (nSPS) is 21.8. The summed E-state index contributed by atoms with van der Waals surface area (Å²) in [4.78, 5) is 0. The molecule has 0 radical (unpaired) electrons. The third-order valence-electron chi connectivity index (χ3n) is 3.85. The van der Waals surface area contributed by atoms with Crippen LogP contribution in [-0.2, 0) is 5.41 Å². The van der Waals surface area contributed by atoms with Crippen LogP contribution in [0, 0.1) is 0 Å². The maximum Gasteiger partial charge on any atom is 0.248 e. The quantitative estimate of drug-likeness (QED) is 0.868. The molecule has 0 aliphatic heterocycles. The molecule has 100 valence electrons. The van der Waals surface area contributed by atoms with Gasteiger partial charge in [0, 0.05) is 35.4 Å². The minimum atomic E-state index is -2.63. The first kappa shape index (κ1) is 13.6. The zero-order valence-electron chi connectivity index (χ0n) is 9.93. The first-order valence-corrected chi connectivity index (χ1v) is 6.34. The molecule has 1 aromatic carbocycles. The van der Waals surface area contributed by atoms with E-state index in [-0.39, 0.29) is 38.0 Å². The summed E-state index contributed by atoms with van der Waals surface area (Å²) in [7, 11) is 0. The molecule has 0 spiro atoms. The molecule has 1 aromatic rings. The van der Waals surface area contributed by atoms with Crippen LogP contribution in [0.25, 0.3) is 0 Å². The summed E-state index contributed by atoms with van der Waals surface area (Å²) >= 11 is 6.10. The summed E-state index contributed by atoms with van der Waals surface area (Å²) in [6, 6.07) is 4.80. The van der Waals surface area contributed by atoms with Crippen molar-refractivity contribution in [3.05, 3.63) is 28.8 Å². The van der Waals surface area contributed by atoms with Gasteiger partial charge in [0.15, 0.2) is 0 Å². The molecule has 1 aliphatic carbocycles. The van der Waals surface area contributed by atoms with Crippen molar-refractivity contribution in [3.63, 3.8) is 0 Å². The fourth-order valence-electron chi connectivity index (χ4n) is 2.69. The van der Waals surface area contributed by atoms with Crippen LogP contribution in [0.2, 0.25) is 5.02 Å². The highest BCUT2D eigenvalue weighted by Gasteiger charge is 2.45. The fraction of sp³-hybridized carbons (Fsp3) is 0.538. The highest BCUT2D eigenvalue weighted by molar-refractivity contribution is 6.31. The van der Waals surface area contributed by atoms with Crippen LogP contribution in [0.4, 0.5) is 8.78 Å². The van der Waals surface area contributed by atoms with E-state index in [0.29, 0.717) is 10.6 Å². The van der Waals surface area contributed by atoms with Gasteiger partial charge in [-0.05, 0) is 25.0 Å². The van der Waals surface area contributed by atoms with Gasteiger partial charge in [-0.2, -0.15) is 0 Å². The van der Waals surface area contributed by atoms with E-state index in [0.717, 1.165) is 0 Å². The second-order valence-corrected chi connectivity index (χ2v) is 5.38. The molecule has 3 N–H and O–H groups in total. The van der Waals surface area contributed by atoms with Gasteiger partial charge in [0.25, 0.3) is 0 Å². The number of rotatable bonds is 2. The van der Waals surface area contributed by atoms with Crippen molar-refractivity contribution in [1.82, 2.24) is 0 Å². The average molecular weight is 276 g/mol. The maximum absolute atomic E-state index is 13.3. The first-order chi connectivity index (χ1) is 8.40. The first-order valence-electron chi connectivity index (χ1n) is 5.96. The Morgan fingerprint density at radius 1 is 1.22 bits per heavy atom. The van der Waals surface area contributed by atoms with Crippen LogP contribution in [-0.4, -0.2) is 17.6 Å². The molecule has 0 amide bonds. The minimum Gasteiger partial charge on any atom is -0.508 e. The summed E-state index contributed by atoms with van der Waals surface area (Å²) in [6.07, 6.45) is 0.0608. The zero-order valence-corrected chi connectivity index (χ0v) is 10.7. The van der Waals surface area contributed by atoms with Gasteiger partial charge in [-0.3, -0.25) is 0 Å². The predicted molar refractivity (Wildman–Crippen MR) is 67.3 cm³/mol. The average Bonchev–Trinajstić information content (AvgIpc) is 2.31. The summed E-state index contributed by atoms with van der Waals surface area (Å²) in [5.74, 6) is -2.59. The van der Waals surface area contributed by atoms with E-state index >= 15 is 0 Å². The Kier molecular flexibility index (Phi) is 3.52. The number of hydrogen-bond acceptors (Lipinski definition) is 2. The SMILES string of the molecule is NCC1(c2c(O)cccc2Cl)CCC(F)(F)CC1. The van der Waals surface area contributed by atoms with Gasteiger partial charge >= 0.3 is 0 Å². The highest BCUT2D eigenvalue weighted by Crippen LogP contribution is 2.49. The second kappa shape index (κ2) is 4.67. The van der Waals surface area contributed by atoms with Gasteiger partial charge in [-0.1, -0.05) is 17.7 Å². The molecule has 0 bridgehead atoms. The number of phenols is 1. The second-order valence-electron chi connectivity index (χ2n) is 4.97. The van der Waals surface area contributed by atoms with E-state index < -0.39 is 11.3 Å². The molecule has 0 saturated heterocycles. The molecular weight excluding hydrogens is 260 g/mol. The van der Waals surface area contributed by atoms with Crippen molar-refractivity contribution in [2.24, 2.45) is 5.73 Å². The number of halogens is 3. The van der Waals surface area contributed by atoms with Crippen LogP contribution in [0.1, 0.15) is 31.2 Å². The third-order valence-corrected chi connectivity index (χ3v) is 4.17. The zero-order chi connectivity index (χ0) is 13.4. The van der Waals surface area contributed by atoms with Crippen molar-refractivity contribution in [2.75, 3.05) is 6.54 Å². The van der Waals surface area contributed by atoms with Crippen LogP contribution in [0.3, 0.4) is 0 Å². The molecular formula is C13H16ClF2NO. The van der Waals surface area contributed by atoms with E-state index in [1.165, 1.54) is 6.07 Å². The molecule has 5 heteroatoms. The molecule has 1 aliphatic rings. The number of hydrogen-bond donors (Lipinski definition) is 2. The number of aromatic hydroxyl groups is 1. The van der Waals surface area contributed by atoms with Crippen molar-refractivity contribution in [1.29, 1.82) is 0 Å². The lowest BCUT2D eigenvalue weighted by Crippen LogP contribution is -2.42. The predicted octanol–water partition coefficient (Wildman–Crippen LogP) is 3.45. The number of nitrogens with two attached hydrogens (primary N) is 1. The van der Waals surface area contributed by atoms with Crippen molar-refractivity contribution >= 4 is 11.6 Å². The van der Waals surface area contributed by atoms with Gasteiger partial charge in [0.2, 0.25) is 5.92 Å². The Hall–Kier alpha value is -0.870. The molecule has 0 atom stereocenters. The number of alkyl halides is 2. The van der Waals surface area contributed by atoms with E-state index in [1.807, 2.05) is 0 Å². The van der Waals surface area contributed by atoms with Gasteiger partial charge in [0.05, 0.1) is 0 Å². The lowest BCUT2D eigenvalue weighted by atomic mass is 9.68. The summed E-state index contributed by atoms with van der Waals surface area (Å²) in [5, 5.41) is 10.3. The van der Waals surface area contributed by atoms with Crippen molar-refractivity contribution in [2.45, 2.75) is 37.0 Å². The monoisotopic (exact) mass is 275 g/mol. The van der Waals surface area contributed by atoms with Crippen LogP contribution in [0.15, 0.2) is 18.2 Å². The largest absolute Gasteiger partial charge is 0.508 e. The highest BCUT2D eigenvalue weighted by atomic mass is 35.5. The molecule has 2 rings (SSSR count). The van der Waals surface area contributed by atoms with Gasteiger partial charge < -0.3 is 10.8 Å². The van der Waals surface area contributed by atoms with E-state index in [9.17, 15) is 13.9 Å². The van der Waals surface area contributed by atoms with E-state index in [2.05, 4.69) is 0 Å². The Balaban J connectivity index is 2.40. The third kappa shape index (κ3) is 2.31. The standard InChI is InChI=1S/C13H16ClF2NO/c14-9-2-1-3-10(18)11(9)12(8-17)4-6-13(15,16)7-5-12/h1-3,18H,4-8,17H2. The Morgan fingerprint density at radius 3 is 2.33 bits per heavy atom. The lowest BCUT2D eigenvalue weighted by Gasteiger charge is -2.40. The summed E-state index contributed by atoms with van der Waals surface area (Å²) < 4.78 is 26.5. The molecule has 1 saturated carbocycles. The maximum atomic E-state index is 13.3. The number of benzene rings is 1. The fourth-order valence-corrected chi connectivity index (χ4v) is 3.06. The Labute approximate surface area is 110 Å². The number of phenolic OH excluding ortho intramolecular Hbond substituents is 1. The van der Waals surface area contributed by atoms with Crippen molar-refractivity contribution in [3.8, 4) is 5.75 Å². The Bertz CT molecular complexity index is 420. The summed E-state index contributed by atoms with van der Waals surface area (Å²) in [6.45, 7) is 0.209. The topological polar surface area (TPSA) is 46.2 Å². The van der Waals surface area contributed by atoms with Crippen LogP contribution < -0.4 is 5.73 Å². The van der Waals surface area contributed by atoms with E-state index in [1.54, 1.807) is 12.1 Å². The molecule has 1 fully saturated rings. The van der Waals surface area contributed by atoms with Crippen LogP contribution >= 0.6 is 11.6 Å². The lowest BCUT2D eigenvalue weighted by molar-refractivity contribution is -0.0511. The molecule has 0 aromatic heterocycles. The molecule has 18 heavy (non-hydrogen) atoms. The van der Waals surface area contributed by atoms with Crippen molar-refractivity contribution < 1.29 is 13.9 Å². The smallest absolute Gasteiger partial charge is 0.248 e. The van der Waals surface area contributed by atoms with Crippen LogP contribution in [0.5, 0.6) is 5.75 Å².